The third-order valence-electron chi connectivity index (χ3n) is 12.0. The van der Waals surface area contributed by atoms with Gasteiger partial charge in [0, 0.05) is 12.8 Å². The van der Waals surface area contributed by atoms with Crippen LogP contribution in [0.2, 0.25) is 0 Å². The van der Waals surface area contributed by atoms with Gasteiger partial charge in [-0.25, -0.2) is 0 Å². The second kappa shape index (κ2) is 52.2. The van der Waals surface area contributed by atoms with Crippen molar-refractivity contribution in [3.05, 3.63) is 60.8 Å². The molecular formula is C57H103NO5. The molecule has 1 amide bonds. The molecule has 0 saturated heterocycles. The molecule has 0 aliphatic heterocycles. The van der Waals surface area contributed by atoms with E-state index >= 15 is 0 Å². The lowest BCUT2D eigenvalue weighted by molar-refractivity contribution is -0.143. The predicted octanol–water partition coefficient (Wildman–Crippen LogP) is 16.4. The topological polar surface area (TPSA) is 95.9 Å². The minimum atomic E-state index is -0.880. The summed E-state index contributed by atoms with van der Waals surface area (Å²) in [5.41, 5.74) is 0. The molecule has 0 aliphatic carbocycles. The van der Waals surface area contributed by atoms with Gasteiger partial charge in [0.15, 0.2) is 0 Å². The fourth-order valence-corrected chi connectivity index (χ4v) is 7.83. The zero-order valence-electron chi connectivity index (χ0n) is 41.5. The second-order valence-electron chi connectivity index (χ2n) is 18.2. The maximum atomic E-state index is 12.4. The summed E-state index contributed by atoms with van der Waals surface area (Å²) in [4.78, 5) is 24.5. The molecule has 366 valence electrons. The van der Waals surface area contributed by atoms with Crippen molar-refractivity contribution in [1.29, 1.82) is 0 Å². The molecule has 0 aliphatic rings. The van der Waals surface area contributed by atoms with Gasteiger partial charge in [0.25, 0.3) is 0 Å². The molecule has 6 nitrogen and oxygen atoms in total. The Morgan fingerprint density at radius 1 is 0.444 bits per heavy atom. The molecule has 0 aromatic carbocycles. The number of rotatable bonds is 49. The van der Waals surface area contributed by atoms with Crippen molar-refractivity contribution >= 4 is 11.9 Å². The summed E-state index contributed by atoms with van der Waals surface area (Å²) in [6.07, 6.45) is 66.7. The summed E-state index contributed by atoms with van der Waals surface area (Å²) in [5.74, 6) is -0.174. The lowest BCUT2D eigenvalue weighted by atomic mass is 10.0. The van der Waals surface area contributed by atoms with Crippen LogP contribution in [0.5, 0.6) is 0 Å². The van der Waals surface area contributed by atoms with Crippen LogP contribution in [0.15, 0.2) is 60.8 Å². The first kappa shape index (κ1) is 60.6. The third-order valence-corrected chi connectivity index (χ3v) is 12.0. The normalized spacial score (nSPS) is 13.1. The molecule has 2 unspecified atom stereocenters. The summed E-state index contributed by atoms with van der Waals surface area (Å²) in [5, 5.41) is 23.0. The predicted molar refractivity (Wildman–Crippen MR) is 273 cm³/mol. The van der Waals surface area contributed by atoms with E-state index in [1.807, 2.05) is 12.2 Å². The van der Waals surface area contributed by atoms with Gasteiger partial charge in [-0.3, -0.25) is 9.59 Å². The first-order valence-corrected chi connectivity index (χ1v) is 27.1. The maximum Gasteiger partial charge on any atom is 0.305 e. The number of amides is 1. The summed E-state index contributed by atoms with van der Waals surface area (Å²) < 4.78 is 5.46. The summed E-state index contributed by atoms with van der Waals surface area (Å²) in [6.45, 7) is 4.80. The van der Waals surface area contributed by atoms with Crippen LogP contribution >= 0.6 is 0 Å². The van der Waals surface area contributed by atoms with Gasteiger partial charge >= 0.3 is 5.97 Å². The smallest absolute Gasteiger partial charge is 0.305 e. The van der Waals surface area contributed by atoms with Gasteiger partial charge in [-0.15, -0.1) is 0 Å². The highest BCUT2D eigenvalue weighted by atomic mass is 16.5. The summed E-state index contributed by atoms with van der Waals surface area (Å²) >= 11 is 0. The summed E-state index contributed by atoms with van der Waals surface area (Å²) in [7, 11) is 0. The Balaban J connectivity index is 3.57. The average molecular weight is 882 g/mol. The quantitative estimate of drug-likeness (QED) is 0.0321. The van der Waals surface area contributed by atoms with Crippen molar-refractivity contribution in [2.45, 2.75) is 276 Å². The molecule has 0 radical (unpaired) electrons. The first-order valence-electron chi connectivity index (χ1n) is 27.1. The van der Waals surface area contributed by atoms with E-state index in [2.05, 4.69) is 61.7 Å². The van der Waals surface area contributed by atoms with E-state index in [0.29, 0.717) is 25.9 Å². The van der Waals surface area contributed by atoms with Crippen LogP contribution in [0, 0.1) is 0 Å². The number of nitrogens with one attached hydrogen (secondary N) is 1. The lowest BCUT2D eigenvalue weighted by Crippen LogP contribution is -2.45. The van der Waals surface area contributed by atoms with Crippen molar-refractivity contribution < 1.29 is 24.5 Å². The van der Waals surface area contributed by atoms with Gasteiger partial charge in [0.05, 0.1) is 25.4 Å². The van der Waals surface area contributed by atoms with E-state index in [1.165, 1.54) is 173 Å². The standard InChI is InChI=1S/C57H103NO5/c1-3-5-7-9-11-13-15-17-19-20-21-22-23-27-31-35-39-43-47-51-57(62)63-52-48-44-40-36-32-28-24-26-30-34-38-42-46-50-56(61)58-54(53-59)55(60)49-45-41-37-33-29-25-18-16-14-12-10-8-6-4-2/h11,13,17,19,26,30,38,42,45,49,54-55,59-60H,3-10,12,14-16,18,20-25,27-29,31-37,39-41,43-44,46-48,50-53H2,1-2H3,(H,58,61)/b13-11-,19-17-,30-26-,42-38-,49-45+. The number of carbonyl (C=O) groups excluding carboxylic acids is 2. The third kappa shape index (κ3) is 48.8. The molecule has 6 heteroatoms. The summed E-state index contributed by atoms with van der Waals surface area (Å²) in [6, 6.07) is -0.673. The first-order chi connectivity index (χ1) is 31.0. The number of esters is 1. The lowest BCUT2D eigenvalue weighted by Gasteiger charge is -2.19. The van der Waals surface area contributed by atoms with E-state index in [1.54, 1.807) is 6.08 Å². The van der Waals surface area contributed by atoms with Gasteiger partial charge in [-0.05, 0) is 83.5 Å². The molecule has 2 atom stereocenters. The SMILES string of the molecule is CCCCC/C=C\C/C=C\CCCCCCCCCCCC(=O)OCCCCCCCC/C=C\C/C=C\CCC(=O)NC(CO)C(O)/C=C/CCCCCCCCCCCCCC. The maximum absolute atomic E-state index is 12.4. The van der Waals surface area contributed by atoms with Crippen molar-refractivity contribution in [1.82, 2.24) is 5.32 Å². The molecule has 63 heavy (non-hydrogen) atoms. The molecular weight excluding hydrogens is 779 g/mol. The number of ether oxygens (including phenoxy) is 1. The van der Waals surface area contributed by atoms with Crippen molar-refractivity contribution in [3.8, 4) is 0 Å². The van der Waals surface area contributed by atoms with Crippen molar-refractivity contribution in [2.75, 3.05) is 13.2 Å². The van der Waals surface area contributed by atoms with Crippen LogP contribution < -0.4 is 5.32 Å². The highest BCUT2D eigenvalue weighted by Gasteiger charge is 2.17. The highest BCUT2D eigenvalue weighted by Crippen LogP contribution is 2.15. The van der Waals surface area contributed by atoms with Gasteiger partial charge in [0.1, 0.15) is 0 Å². The largest absolute Gasteiger partial charge is 0.466 e. The van der Waals surface area contributed by atoms with E-state index < -0.39 is 12.1 Å². The van der Waals surface area contributed by atoms with Crippen LogP contribution in [-0.4, -0.2) is 47.4 Å². The number of unbranched alkanes of at least 4 members (excludes halogenated alkanes) is 30. The van der Waals surface area contributed by atoms with E-state index in [-0.39, 0.29) is 18.5 Å². The number of hydrogen-bond donors (Lipinski definition) is 3. The molecule has 0 saturated carbocycles. The fraction of sp³-hybridized carbons (Fsp3) is 0.789. The van der Waals surface area contributed by atoms with Gasteiger partial charge in [-0.1, -0.05) is 229 Å². The number of aliphatic hydroxyl groups is 2. The number of carbonyl (C=O) groups is 2. The van der Waals surface area contributed by atoms with Crippen LogP contribution in [0.3, 0.4) is 0 Å². The molecule has 0 bridgehead atoms. The minimum Gasteiger partial charge on any atom is -0.466 e. The van der Waals surface area contributed by atoms with Crippen LogP contribution in [0.4, 0.5) is 0 Å². The Morgan fingerprint density at radius 2 is 0.810 bits per heavy atom. The Kier molecular flexibility index (Phi) is 50.2. The zero-order chi connectivity index (χ0) is 45.8. The minimum absolute atomic E-state index is 0.0233. The average Bonchev–Trinajstić information content (AvgIpc) is 3.28. The van der Waals surface area contributed by atoms with Crippen LogP contribution in [0.25, 0.3) is 0 Å². The highest BCUT2D eigenvalue weighted by molar-refractivity contribution is 5.76. The number of aliphatic hydroxyl groups excluding tert-OH is 2. The number of hydrogen-bond acceptors (Lipinski definition) is 5. The number of allylic oxidation sites excluding steroid dienone is 9. The molecule has 3 N–H and O–H groups in total. The zero-order valence-corrected chi connectivity index (χ0v) is 41.5. The van der Waals surface area contributed by atoms with E-state index in [9.17, 15) is 19.8 Å². The molecule has 0 spiro atoms. The van der Waals surface area contributed by atoms with Gasteiger partial charge in [0.2, 0.25) is 5.91 Å². The molecule has 0 rings (SSSR count). The Labute approximate surface area is 390 Å². The van der Waals surface area contributed by atoms with Crippen LogP contribution in [0.1, 0.15) is 264 Å². The van der Waals surface area contributed by atoms with Crippen LogP contribution in [-0.2, 0) is 14.3 Å². The molecule has 0 aromatic heterocycles. The molecule has 0 heterocycles. The molecule has 0 fully saturated rings. The van der Waals surface area contributed by atoms with Gasteiger partial charge in [-0.2, -0.15) is 0 Å². The van der Waals surface area contributed by atoms with E-state index in [4.69, 9.17) is 4.74 Å². The monoisotopic (exact) mass is 882 g/mol. The van der Waals surface area contributed by atoms with Gasteiger partial charge < -0.3 is 20.3 Å². The fourth-order valence-electron chi connectivity index (χ4n) is 7.83. The Morgan fingerprint density at radius 3 is 1.27 bits per heavy atom. The Bertz CT molecular complexity index is 1110. The second-order valence-corrected chi connectivity index (χ2v) is 18.2. The Hall–Kier alpha value is -2.44. The van der Waals surface area contributed by atoms with E-state index in [0.717, 1.165) is 57.8 Å². The van der Waals surface area contributed by atoms with Crippen molar-refractivity contribution in [2.24, 2.45) is 0 Å². The van der Waals surface area contributed by atoms with Crippen molar-refractivity contribution in [3.63, 3.8) is 0 Å². The molecule has 0 aromatic rings.